The summed E-state index contributed by atoms with van der Waals surface area (Å²) < 4.78 is 15.2. The van der Waals surface area contributed by atoms with Crippen LogP contribution in [0, 0.1) is 36.4 Å². The van der Waals surface area contributed by atoms with Gasteiger partial charge in [0.15, 0.2) is 11.6 Å². The lowest BCUT2D eigenvalue weighted by atomic mass is 9.92. The topological polar surface area (TPSA) is 131 Å². The Hall–Kier alpha value is -2.53. The Kier molecular flexibility index (Phi) is 8.19. The molecule has 2 fully saturated rings. The molecule has 0 spiro atoms. The van der Waals surface area contributed by atoms with Gasteiger partial charge in [0, 0.05) is 25.6 Å². The van der Waals surface area contributed by atoms with Crippen LogP contribution in [0.15, 0.2) is 0 Å². The molecule has 1 saturated carbocycles. The molecule has 2 heterocycles. The zero-order chi connectivity index (χ0) is 23.3. The SMILES string of the molecule is Cc1nc(NNC(=O)[C@H](CC2CCCC2)CN(O)C=O)c(F)c(N2C[C@H](CO)[C@@H](C)C2)n1. The number of nitrogens with one attached hydrogen (secondary N) is 2. The molecule has 10 nitrogen and oxygen atoms in total. The van der Waals surface area contributed by atoms with Crippen molar-refractivity contribution in [1.29, 1.82) is 0 Å². The summed E-state index contributed by atoms with van der Waals surface area (Å²) in [5.41, 5.74) is 5.05. The quantitative estimate of drug-likeness (QED) is 0.239. The van der Waals surface area contributed by atoms with Crippen LogP contribution in [0.25, 0.3) is 0 Å². The minimum Gasteiger partial charge on any atom is -0.396 e. The highest BCUT2D eigenvalue weighted by molar-refractivity contribution is 5.80. The van der Waals surface area contributed by atoms with Gasteiger partial charge >= 0.3 is 0 Å². The number of nitrogens with zero attached hydrogens (tertiary/aromatic N) is 4. The van der Waals surface area contributed by atoms with E-state index in [-0.39, 0.29) is 43.0 Å². The Morgan fingerprint density at radius 3 is 2.69 bits per heavy atom. The highest BCUT2D eigenvalue weighted by Crippen LogP contribution is 2.32. The van der Waals surface area contributed by atoms with Gasteiger partial charge < -0.3 is 10.0 Å². The van der Waals surface area contributed by atoms with E-state index in [1.165, 1.54) is 0 Å². The third-order valence-electron chi connectivity index (χ3n) is 6.54. The van der Waals surface area contributed by atoms with Crippen molar-refractivity contribution in [2.24, 2.45) is 23.7 Å². The molecule has 1 saturated heterocycles. The predicted molar refractivity (Wildman–Crippen MR) is 115 cm³/mol. The van der Waals surface area contributed by atoms with E-state index in [0.717, 1.165) is 25.7 Å². The molecule has 2 amide bonds. The van der Waals surface area contributed by atoms with Gasteiger partial charge in [0.1, 0.15) is 5.82 Å². The zero-order valence-corrected chi connectivity index (χ0v) is 18.6. The first-order valence-electron chi connectivity index (χ1n) is 11.2. The van der Waals surface area contributed by atoms with Crippen molar-refractivity contribution in [3.8, 4) is 0 Å². The molecule has 0 aromatic carbocycles. The second-order valence-corrected chi connectivity index (χ2v) is 9.01. The highest BCUT2D eigenvalue weighted by atomic mass is 19.1. The maximum Gasteiger partial charge on any atom is 0.243 e. The molecule has 1 aromatic heterocycles. The Morgan fingerprint density at radius 2 is 2.06 bits per heavy atom. The molecular weight excluding hydrogens is 419 g/mol. The number of aliphatic hydroxyl groups excluding tert-OH is 1. The van der Waals surface area contributed by atoms with Gasteiger partial charge in [-0.3, -0.25) is 25.6 Å². The third kappa shape index (κ3) is 5.83. The Morgan fingerprint density at radius 1 is 1.34 bits per heavy atom. The highest BCUT2D eigenvalue weighted by Gasteiger charge is 2.32. The van der Waals surface area contributed by atoms with Crippen LogP contribution in [0.2, 0.25) is 0 Å². The summed E-state index contributed by atoms with van der Waals surface area (Å²) in [6, 6.07) is 0. The molecule has 0 radical (unpaired) electrons. The van der Waals surface area contributed by atoms with Gasteiger partial charge in [-0.05, 0) is 25.2 Å². The van der Waals surface area contributed by atoms with E-state index >= 15 is 4.39 Å². The number of hydrogen-bond acceptors (Lipinski definition) is 8. The van der Waals surface area contributed by atoms with Crippen molar-refractivity contribution in [3.05, 3.63) is 11.6 Å². The molecule has 1 aliphatic heterocycles. The number of aliphatic hydroxyl groups is 1. The number of hydrazine groups is 1. The summed E-state index contributed by atoms with van der Waals surface area (Å²) in [7, 11) is 0. The van der Waals surface area contributed by atoms with Crippen molar-refractivity contribution >= 4 is 24.0 Å². The summed E-state index contributed by atoms with van der Waals surface area (Å²) in [4.78, 5) is 33.7. The number of amides is 2. The molecule has 0 unspecified atom stereocenters. The van der Waals surface area contributed by atoms with Gasteiger partial charge in [0.05, 0.1) is 12.5 Å². The number of hydrogen-bond donors (Lipinski definition) is 4. The first-order chi connectivity index (χ1) is 15.3. The number of anilines is 2. The smallest absolute Gasteiger partial charge is 0.243 e. The van der Waals surface area contributed by atoms with Gasteiger partial charge in [0.2, 0.25) is 18.1 Å². The Labute approximate surface area is 187 Å². The second kappa shape index (κ2) is 10.9. The Bertz CT molecular complexity index is 807. The van der Waals surface area contributed by atoms with E-state index in [1.807, 2.05) is 6.92 Å². The van der Waals surface area contributed by atoms with Crippen LogP contribution >= 0.6 is 0 Å². The maximum absolute atomic E-state index is 15.2. The number of carbonyl (C=O) groups is 2. The molecule has 1 aromatic rings. The summed E-state index contributed by atoms with van der Waals surface area (Å²) >= 11 is 0. The molecule has 3 rings (SSSR count). The van der Waals surface area contributed by atoms with Crippen molar-refractivity contribution in [1.82, 2.24) is 20.5 Å². The lowest BCUT2D eigenvalue weighted by Gasteiger charge is -2.23. The van der Waals surface area contributed by atoms with Crippen molar-refractivity contribution in [2.75, 3.05) is 36.6 Å². The predicted octanol–water partition coefficient (Wildman–Crippen LogP) is 1.48. The lowest BCUT2D eigenvalue weighted by molar-refractivity contribution is -0.154. The van der Waals surface area contributed by atoms with Crippen LogP contribution in [0.5, 0.6) is 0 Å². The molecule has 11 heteroatoms. The molecular formula is C21H33FN6O4. The number of aromatic nitrogens is 2. The summed E-state index contributed by atoms with van der Waals surface area (Å²) in [6.45, 7) is 4.56. The normalized spacial score (nSPS) is 22.1. The van der Waals surface area contributed by atoms with Gasteiger partial charge in [-0.15, -0.1) is 0 Å². The molecule has 32 heavy (non-hydrogen) atoms. The van der Waals surface area contributed by atoms with Crippen molar-refractivity contribution in [2.45, 2.75) is 46.0 Å². The van der Waals surface area contributed by atoms with Crippen molar-refractivity contribution < 1.29 is 24.3 Å². The summed E-state index contributed by atoms with van der Waals surface area (Å²) in [5.74, 6) is -0.890. The van der Waals surface area contributed by atoms with Crippen molar-refractivity contribution in [3.63, 3.8) is 0 Å². The molecule has 178 valence electrons. The number of halogens is 1. The average molecular weight is 453 g/mol. The minimum atomic E-state index is -0.689. The fourth-order valence-corrected chi connectivity index (χ4v) is 4.69. The Balaban J connectivity index is 1.69. The van der Waals surface area contributed by atoms with E-state index in [0.29, 0.717) is 36.3 Å². The lowest BCUT2D eigenvalue weighted by Crippen LogP contribution is -2.41. The standard InChI is InChI=1S/C21H33FN6O4/c1-13-8-27(9-17(13)11-29)20-18(22)19(23-14(2)24-20)25-26-21(31)16(10-28(32)12-30)7-15-5-3-4-6-15/h12-13,15-17,29,32H,3-11H2,1-2H3,(H,26,31)(H,23,24,25)/t13-,16+,17+/m0/s1. The van der Waals surface area contributed by atoms with E-state index < -0.39 is 17.6 Å². The molecule has 0 bridgehead atoms. The van der Waals surface area contributed by atoms with Gasteiger partial charge in [-0.25, -0.2) is 15.0 Å². The zero-order valence-electron chi connectivity index (χ0n) is 18.6. The fourth-order valence-electron chi connectivity index (χ4n) is 4.69. The number of hydroxylamine groups is 2. The van der Waals surface area contributed by atoms with E-state index in [1.54, 1.807) is 11.8 Å². The van der Waals surface area contributed by atoms with E-state index in [9.17, 15) is 19.9 Å². The largest absolute Gasteiger partial charge is 0.396 e. The van der Waals surface area contributed by atoms with Crippen LogP contribution < -0.4 is 15.8 Å². The first kappa shape index (κ1) is 24.1. The maximum atomic E-state index is 15.2. The van der Waals surface area contributed by atoms with E-state index in [2.05, 4.69) is 20.8 Å². The van der Waals surface area contributed by atoms with Gasteiger partial charge in [0.25, 0.3) is 0 Å². The van der Waals surface area contributed by atoms with Crippen LogP contribution in [-0.4, -0.2) is 63.9 Å². The molecule has 2 aliphatic rings. The first-order valence-corrected chi connectivity index (χ1v) is 11.2. The second-order valence-electron chi connectivity index (χ2n) is 9.01. The van der Waals surface area contributed by atoms with E-state index in [4.69, 9.17) is 0 Å². The summed E-state index contributed by atoms with van der Waals surface area (Å²) in [5, 5.41) is 19.6. The van der Waals surface area contributed by atoms with Crippen LogP contribution in [0.1, 0.15) is 44.9 Å². The summed E-state index contributed by atoms with van der Waals surface area (Å²) in [6.07, 6.45) is 5.02. The average Bonchev–Trinajstić information content (AvgIpc) is 3.42. The molecule has 4 N–H and O–H groups in total. The van der Waals surface area contributed by atoms with Crippen LogP contribution in [-0.2, 0) is 9.59 Å². The van der Waals surface area contributed by atoms with Crippen LogP contribution in [0.3, 0.4) is 0 Å². The minimum absolute atomic E-state index is 0.0234. The molecule has 1 aliphatic carbocycles. The fraction of sp³-hybridized carbons (Fsp3) is 0.714. The number of aryl methyl sites for hydroxylation is 1. The monoisotopic (exact) mass is 452 g/mol. The number of carbonyl (C=O) groups excluding carboxylic acids is 2. The van der Waals surface area contributed by atoms with Gasteiger partial charge in [-0.1, -0.05) is 32.6 Å². The number of rotatable bonds is 10. The van der Waals surface area contributed by atoms with Gasteiger partial charge in [-0.2, -0.15) is 4.39 Å². The molecule has 3 atom stereocenters. The van der Waals surface area contributed by atoms with Crippen LogP contribution in [0.4, 0.5) is 16.0 Å². The third-order valence-corrected chi connectivity index (χ3v) is 6.54.